The Kier molecular flexibility index (Phi) is 5.61. The largest absolute Gasteiger partial charge is 0.496 e. The molecule has 1 N–H and O–H groups in total. The van der Waals surface area contributed by atoms with Gasteiger partial charge in [-0.15, -0.1) is 0 Å². The number of rotatable bonds is 6. The second-order valence-corrected chi connectivity index (χ2v) is 6.73. The van der Waals surface area contributed by atoms with Crippen molar-refractivity contribution < 1.29 is 14.3 Å². The summed E-state index contributed by atoms with van der Waals surface area (Å²) in [6.07, 6.45) is 1.64. The van der Waals surface area contributed by atoms with E-state index in [1.165, 1.54) is 0 Å². The van der Waals surface area contributed by atoms with Crippen LogP contribution in [-0.4, -0.2) is 25.8 Å². The third-order valence-corrected chi connectivity index (χ3v) is 4.90. The molecule has 0 saturated carbocycles. The van der Waals surface area contributed by atoms with Crippen LogP contribution in [0.4, 0.5) is 0 Å². The first-order valence-electron chi connectivity index (χ1n) is 9.76. The van der Waals surface area contributed by atoms with E-state index in [2.05, 4.69) is 10.5 Å². The third-order valence-electron chi connectivity index (χ3n) is 4.90. The number of benzene rings is 4. The molecule has 150 valence electrons. The minimum Gasteiger partial charge on any atom is -0.496 e. The highest BCUT2D eigenvalue weighted by Crippen LogP contribution is 2.28. The second-order valence-electron chi connectivity index (χ2n) is 6.73. The fourth-order valence-corrected chi connectivity index (χ4v) is 3.48. The van der Waals surface area contributed by atoms with E-state index in [4.69, 9.17) is 9.47 Å². The summed E-state index contributed by atoms with van der Waals surface area (Å²) in [5, 5.41) is 8.16. The number of ether oxygens (including phenoxy) is 2. The van der Waals surface area contributed by atoms with Crippen LogP contribution in [-0.2, 0) is 0 Å². The van der Waals surface area contributed by atoms with Gasteiger partial charge in [0.15, 0.2) is 0 Å². The van der Waals surface area contributed by atoms with Crippen LogP contribution in [0.25, 0.3) is 21.5 Å². The molecular weight excluding hydrogens is 376 g/mol. The van der Waals surface area contributed by atoms with Gasteiger partial charge in [-0.1, -0.05) is 48.5 Å². The van der Waals surface area contributed by atoms with Crippen LogP contribution in [0.1, 0.15) is 22.8 Å². The molecule has 5 heteroatoms. The third kappa shape index (κ3) is 3.82. The Balaban J connectivity index is 1.60. The quantitative estimate of drug-likeness (QED) is 0.360. The molecular formula is C25H22N2O3. The summed E-state index contributed by atoms with van der Waals surface area (Å²) < 4.78 is 11.1. The number of hydrogen-bond donors (Lipinski definition) is 1. The molecule has 0 aliphatic rings. The zero-order valence-electron chi connectivity index (χ0n) is 16.9. The Morgan fingerprint density at radius 2 is 1.63 bits per heavy atom. The van der Waals surface area contributed by atoms with Gasteiger partial charge in [-0.25, -0.2) is 5.43 Å². The van der Waals surface area contributed by atoms with E-state index < -0.39 is 0 Å². The van der Waals surface area contributed by atoms with E-state index in [0.29, 0.717) is 17.9 Å². The van der Waals surface area contributed by atoms with E-state index in [9.17, 15) is 4.79 Å². The van der Waals surface area contributed by atoms with Gasteiger partial charge in [0.25, 0.3) is 5.91 Å². The van der Waals surface area contributed by atoms with Crippen LogP contribution in [0.15, 0.2) is 77.9 Å². The van der Waals surface area contributed by atoms with E-state index in [-0.39, 0.29) is 5.91 Å². The minimum atomic E-state index is -0.330. The second kappa shape index (κ2) is 8.66. The summed E-state index contributed by atoms with van der Waals surface area (Å²) in [5.41, 5.74) is 3.93. The van der Waals surface area contributed by atoms with Crippen molar-refractivity contribution in [3.05, 3.63) is 83.9 Å². The maximum Gasteiger partial charge on any atom is 0.275 e. The van der Waals surface area contributed by atoms with E-state index in [0.717, 1.165) is 32.9 Å². The first-order chi connectivity index (χ1) is 14.7. The lowest BCUT2D eigenvalue weighted by Gasteiger charge is -2.10. The van der Waals surface area contributed by atoms with Gasteiger partial charge in [0.05, 0.1) is 25.5 Å². The highest BCUT2D eigenvalue weighted by atomic mass is 16.5. The number of nitrogens with one attached hydrogen (secondary N) is 1. The summed E-state index contributed by atoms with van der Waals surface area (Å²) >= 11 is 0. The molecule has 0 heterocycles. The van der Waals surface area contributed by atoms with Gasteiger partial charge in [0.2, 0.25) is 0 Å². The molecule has 30 heavy (non-hydrogen) atoms. The SMILES string of the molecule is CCOc1ccc(/C=N\NC(=O)c2cc3ccccc3cc2OC)c2ccccc12. The van der Waals surface area contributed by atoms with E-state index >= 15 is 0 Å². The van der Waals surface area contributed by atoms with Crippen LogP contribution in [0.2, 0.25) is 0 Å². The standard InChI is InChI=1S/C25H22N2O3/c1-3-30-23-13-12-19(20-10-6-7-11-21(20)23)16-26-27-25(28)22-14-17-8-4-5-9-18(17)15-24(22)29-2/h4-16H,3H2,1-2H3,(H,27,28)/b26-16-. The Morgan fingerprint density at radius 1 is 0.933 bits per heavy atom. The zero-order chi connectivity index (χ0) is 20.9. The maximum absolute atomic E-state index is 12.7. The fraction of sp³-hybridized carbons (Fsp3) is 0.120. The molecule has 0 radical (unpaired) electrons. The number of nitrogens with zero attached hydrogens (tertiary/aromatic N) is 1. The predicted molar refractivity (Wildman–Crippen MR) is 121 cm³/mol. The lowest BCUT2D eigenvalue weighted by atomic mass is 10.0. The number of amides is 1. The number of hydrazone groups is 1. The lowest BCUT2D eigenvalue weighted by Crippen LogP contribution is -2.18. The molecule has 0 saturated heterocycles. The predicted octanol–water partition coefficient (Wildman–Crippen LogP) is 5.16. The van der Waals surface area contributed by atoms with E-state index in [1.807, 2.05) is 79.7 Å². The molecule has 0 atom stereocenters. The van der Waals surface area contributed by atoms with Gasteiger partial charge >= 0.3 is 0 Å². The molecule has 0 aromatic heterocycles. The summed E-state index contributed by atoms with van der Waals surface area (Å²) in [7, 11) is 1.55. The number of carbonyl (C=O) groups is 1. The van der Waals surface area contributed by atoms with Gasteiger partial charge in [0.1, 0.15) is 11.5 Å². The summed E-state index contributed by atoms with van der Waals surface area (Å²) in [5.74, 6) is 1.01. The van der Waals surface area contributed by atoms with Crippen molar-refractivity contribution in [1.82, 2.24) is 5.43 Å². The molecule has 4 rings (SSSR count). The average Bonchev–Trinajstić information content (AvgIpc) is 2.79. The van der Waals surface area contributed by atoms with Crippen molar-refractivity contribution in [1.29, 1.82) is 0 Å². The minimum absolute atomic E-state index is 0.330. The van der Waals surface area contributed by atoms with Crippen LogP contribution in [0.5, 0.6) is 11.5 Å². The van der Waals surface area contributed by atoms with Crippen molar-refractivity contribution in [3.63, 3.8) is 0 Å². The fourth-order valence-electron chi connectivity index (χ4n) is 3.48. The first-order valence-corrected chi connectivity index (χ1v) is 9.76. The Hall–Kier alpha value is -3.86. The normalized spacial score (nSPS) is 11.1. The van der Waals surface area contributed by atoms with Crippen molar-refractivity contribution in [3.8, 4) is 11.5 Å². The zero-order valence-corrected chi connectivity index (χ0v) is 16.9. The number of hydrogen-bond acceptors (Lipinski definition) is 4. The molecule has 0 bridgehead atoms. The number of fused-ring (bicyclic) bond motifs is 2. The van der Waals surface area contributed by atoms with Gasteiger partial charge < -0.3 is 9.47 Å². The molecule has 4 aromatic carbocycles. The Labute approximate surface area is 174 Å². The molecule has 0 fully saturated rings. The molecule has 1 amide bonds. The highest BCUT2D eigenvalue weighted by Gasteiger charge is 2.13. The lowest BCUT2D eigenvalue weighted by molar-refractivity contribution is 0.0952. The summed E-state index contributed by atoms with van der Waals surface area (Å²) in [6.45, 7) is 2.56. The molecule has 0 aliphatic heterocycles. The van der Waals surface area contributed by atoms with Crippen LogP contribution in [0, 0.1) is 0 Å². The maximum atomic E-state index is 12.7. The molecule has 0 spiro atoms. The topological polar surface area (TPSA) is 59.9 Å². The molecule has 4 aromatic rings. The van der Waals surface area contributed by atoms with Crippen molar-refractivity contribution in [2.45, 2.75) is 6.92 Å². The van der Waals surface area contributed by atoms with Crippen LogP contribution < -0.4 is 14.9 Å². The van der Waals surface area contributed by atoms with Crippen LogP contribution in [0.3, 0.4) is 0 Å². The molecule has 0 aliphatic carbocycles. The Morgan fingerprint density at radius 3 is 2.37 bits per heavy atom. The number of carbonyl (C=O) groups excluding carboxylic acids is 1. The van der Waals surface area contributed by atoms with Crippen molar-refractivity contribution in [2.75, 3.05) is 13.7 Å². The van der Waals surface area contributed by atoms with Crippen molar-refractivity contribution in [2.24, 2.45) is 5.10 Å². The van der Waals surface area contributed by atoms with Gasteiger partial charge in [0, 0.05) is 10.9 Å². The van der Waals surface area contributed by atoms with Gasteiger partial charge in [-0.05, 0) is 47.3 Å². The van der Waals surface area contributed by atoms with Crippen LogP contribution >= 0.6 is 0 Å². The monoisotopic (exact) mass is 398 g/mol. The van der Waals surface area contributed by atoms with E-state index in [1.54, 1.807) is 13.3 Å². The summed E-state index contributed by atoms with van der Waals surface area (Å²) in [6, 6.07) is 23.3. The first kappa shape index (κ1) is 19.5. The summed E-state index contributed by atoms with van der Waals surface area (Å²) in [4.78, 5) is 12.7. The number of methoxy groups -OCH3 is 1. The molecule has 0 unspecified atom stereocenters. The Bertz CT molecular complexity index is 1250. The van der Waals surface area contributed by atoms with Gasteiger partial charge in [-0.2, -0.15) is 5.10 Å². The van der Waals surface area contributed by atoms with Gasteiger partial charge in [-0.3, -0.25) is 4.79 Å². The molecule has 5 nitrogen and oxygen atoms in total. The highest BCUT2D eigenvalue weighted by molar-refractivity contribution is 6.04. The smallest absolute Gasteiger partial charge is 0.275 e. The average molecular weight is 398 g/mol. The van der Waals surface area contributed by atoms with Crippen molar-refractivity contribution >= 4 is 33.7 Å².